The van der Waals surface area contributed by atoms with Crippen molar-refractivity contribution in [3.05, 3.63) is 71.3 Å². The van der Waals surface area contributed by atoms with Gasteiger partial charge in [-0.15, -0.1) is 0 Å². The number of benzene rings is 2. The van der Waals surface area contributed by atoms with Crippen LogP contribution in [0.1, 0.15) is 23.1 Å². The minimum atomic E-state index is -0.381. The molecule has 0 amide bonds. The van der Waals surface area contributed by atoms with Gasteiger partial charge in [0.05, 0.1) is 18.1 Å². The monoisotopic (exact) mass is 333 g/mol. The van der Waals surface area contributed by atoms with Crippen molar-refractivity contribution in [3.63, 3.8) is 0 Å². The number of ketones is 2. The lowest BCUT2D eigenvalue weighted by molar-refractivity contribution is -0.121. The van der Waals surface area contributed by atoms with E-state index in [2.05, 4.69) is 0 Å². The molecule has 0 atom stereocenters. The van der Waals surface area contributed by atoms with Crippen LogP contribution >= 0.6 is 0 Å². The van der Waals surface area contributed by atoms with E-state index in [1.165, 1.54) is 36.4 Å². The number of allylic oxidation sites excluding steroid dienone is 2. The molecule has 5 heteroatoms. The maximum atomic E-state index is 11.8. The summed E-state index contributed by atoms with van der Waals surface area (Å²) < 4.78 is 0. The van der Waals surface area contributed by atoms with E-state index in [4.69, 9.17) is 5.26 Å². The van der Waals surface area contributed by atoms with E-state index in [0.29, 0.717) is 16.7 Å². The van der Waals surface area contributed by atoms with Crippen molar-refractivity contribution in [1.29, 1.82) is 5.26 Å². The molecule has 0 unspecified atom stereocenters. The summed E-state index contributed by atoms with van der Waals surface area (Å²) in [6.45, 7) is 0. The Morgan fingerprint density at radius 2 is 1.56 bits per heavy atom. The van der Waals surface area contributed by atoms with Gasteiger partial charge in [0.2, 0.25) is 0 Å². The van der Waals surface area contributed by atoms with Crippen LogP contribution in [-0.2, 0) is 9.59 Å². The zero-order valence-electron chi connectivity index (χ0n) is 13.2. The van der Waals surface area contributed by atoms with Crippen LogP contribution in [-0.4, -0.2) is 21.8 Å². The first-order valence-electron chi connectivity index (χ1n) is 7.42. The zero-order valence-corrected chi connectivity index (χ0v) is 13.2. The summed E-state index contributed by atoms with van der Waals surface area (Å²) in [5.74, 6) is -1.27. The molecule has 124 valence electrons. The van der Waals surface area contributed by atoms with Gasteiger partial charge in [0.15, 0.2) is 23.1 Å². The Balaban J connectivity index is 1.94. The molecule has 25 heavy (non-hydrogen) atoms. The second-order valence-corrected chi connectivity index (χ2v) is 5.26. The third kappa shape index (κ3) is 5.48. The van der Waals surface area contributed by atoms with Crippen molar-refractivity contribution in [2.24, 2.45) is 0 Å². The van der Waals surface area contributed by atoms with Gasteiger partial charge in [-0.25, -0.2) is 0 Å². The van der Waals surface area contributed by atoms with E-state index < -0.39 is 0 Å². The quantitative estimate of drug-likeness (QED) is 0.480. The average molecular weight is 333 g/mol. The number of hydrogen-bond donors (Lipinski definition) is 2. The van der Waals surface area contributed by atoms with Crippen molar-refractivity contribution in [1.82, 2.24) is 0 Å². The second kappa shape index (κ2) is 8.27. The summed E-state index contributed by atoms with van der Waals surface area (Å²) in [4.78, 5) is 23.6. The molecule has 2 N–H and O–H groups in total. The Bertz CT molecular complexity index is 904. The highest BCUT2D eigenvalue weighted by molar-refractivity contribution is 6.10. The minimum absolute atomic E-state index is 0.246. The molecule has 0 aliphatic carbocycles. The van der Waals surface area contributed by atoms with Crippen LogP contribution < -0.4 is 0 Å². The molecule has 0 bridgehead atoms. The number of carbonyl (C=O) groups excluding carboxylic acids is 2. The lowest BCUT2D eigenvalue weighted by atomic mass is 10.1. The molecule has 0 saturated heterocycles. The molecule has 5 nitrogen and oxygen atoms in total. The Kier molecular flexibility index (Phi) is 5.86. The first kappa shape index (κ1) is 17.7. The first-order valence-corrected chi connectivity index (χ1v) is 7.42. The number of rotatable bonds is 6. The van der Waals surface area contributed by atoms with Gasteiger partial charge < -0.3 is 10.2 Å². The molecule has 0 radical (unpaired) electrons. The fourth-order valence-corrected chi connectivity index (χ4v) is 2.02. The molecule has 2 aromatic carbocycles. The Morgan fingerprint density at radius 1 is 0.920 bits per heavy atom. The van der Waals surface area contributed by atoms with Crippen molar-refractivity contribution in [2.75, 3.05) is 0 Å². The topological polar surface area (TPSA) is 98.4 Å². The Morgan fingerprint density at radius 3 is 2.16 bits per heavy atom. The summed E-state index contributed by atoms with van der Waals surface area (Å²) in [6, 6.07) is 12.9. The van der Waals surface area contributed by atoms with Gasteiger partial charge in [0, 0.05) is 0 Å². The summed E-state index contributed by atoms with van der Waals surface area (Å²) in [5, 5.41) is 27.4. The normalized spacial score (nSPS) is 10.8. The molecule has 0 aliphatic heterocycles. The van der Waals surface area contributed by atoms with Crippen LogP contribution in [0.15, 0.2) is 54.6 Å². The third-order valence-corrected chi connectivity index (χ3v) is 3.29. The van der Waals surface area contributed by atoms with Gasteiger partial charge >= 0.3 is 0 Å². The minimum Gasteiger partial charge on any atom is -0.504 e. The standard InChI is InChI=1S/C20H15NO4/c21-13-16-3-1-2-14(10-16)4-7-17(22)12-18(23)8-5-15-6-9-19(24)20(25)11-15/h1-11,24-25H,12H2/b7-4+,8-5+. The highest BCUT2D eigenvalue weighted by Gasteiger charge is 2.04. The highest BCUT2D eigenvalue weighted by Crippen LogP contribution is 2.25. The van der Waals surface area contributed by atoms with E-state index >= 15 is 0 Å². The van der Waals surface area contributed by atoms with Gasteiger partial charge in [0.1, 0.15) is 0 Å². The highest BCUT2D eigenvalue weighted by atomic mass is 16.3. The molecular weight excluding hydrogens is 318 g/mol. The third-order valence-electron chi connectivity index (χ3n) is 3.29. The molecule has 0 aliphatic rings. The Labute approximate surface area is 144 Å². The van der Waals surface area contributed by atoms with E-state index in [0.717, 1.165) is 0 Å². The molecular formula is C20H15NO4. The predicted molar refractivity (Wildman–Crippen MR) is 93.6 cm³/mol. The van der Waals surface area contributed by atoms with Gasteiger partial charge in [-0.3, -0.25) is 9.59 Å². The maximum absolute atomic E-state index is 11.8. The number of nitrogens with zero attached hydrogens (tertiary/aromatic N) is 1. The van der Waals surface area contributed by atoms with E-state index in [-0.39, 0.29) is 29.5 Å². The number of carbonyl (C=O) groups is 2. The van der Waals surface area contributed by atoms with Gasteiger partial charge in [0.25, 0.3) is 0 Å². The van der Waals surface area contributed by atoms with Crippen molar-refractivity contribution in [2.45, 2.75) is 6.42 Å². The second-order valence-electron chi connectivity index (χ2n) is 5.26. The number of nitriles is 1. The van der Waals surface area contributed by atoms with Crippen LogP contribution in [0.5, 0.6) is 11.5 Å². The fourth-order valence-electron chi connectivity index (χ4n) is 2.02. The number of aromatic hydroxyl groups is 2. The molecule has 0 spiro atoms. The fraction of sp³-hybridized carbons (Fsp3) is 0.0500. The summed E-state index contributed by atoms with van der Waals surface area (Å²) >= 11 is 0. The molecule has 2 aromatic rings. The number of phenols is 2. The molecule has 2 rings (SSSR count). The van der Waals surface area contributed by atoms with Crippen LogP contribution in [0, 0.1) is 11.3 Å². The van der Waals surface area contributed by atoms with E-state index in [1.54, 1.807) is 30.3 Å². The summed E-state index contributed by atoms with van der Waals surface area (Å²) in [5.41, 5.74) is 1.72. The largest absolute Gasteiger partial charge is 0.504 e. The Hall–Kier alpha value is -3.65. The van der Waals surface area contributed by atoms with E-state index in [1.807, 2.05) is 6.07 Å². The smallest absolute Gasteiger partial charge is 0.163 e. The number of hydrogen-bond acceptors (Lipinski definition) is 5. The maximum Gasteiger partial charge on any atom is 0.163 e. The van der Waals surface area contributed by atoms with Crippen molar-refractivity contribution in [3.8, 4) is 17.6 Å². The average Bonchev–Trinajstić information content (AvgIpc) is 2.61. The molecule has 0 fully saturated rings. The first-order chi connectivity index (χ1) is 12.0. The van der Waals surface area contributed by atoms with Crippen LogP contribution in [0.4, 0.5) is 0 Å². The van der Waals surface area contributed by atoms with Crippen LogP contribution in [0.25, 0.3) is 12.2 Å². The lowest BCUT2D eigenvalue weighted by Gasteiger charge is -1.98. The van der Waals surface area contributed by atoms with Crippen molar-refractivity contribution >= 4 is 23.7 Å². The molecule has 0 saturated carbocycles. The lowest BCUT2D eigenvalue weighted by Crippen LogP contribution is -2.01. The summed E-state index contributed by atoms with van der Waals surface area (Å²) in [6.07, 6.45) is 5.27. The number of phenolic OH excluding ortho intramolecular Hbond substituents is 2. The van der Waals surface area contributed by atoms with Gasteiger partial charge in [-0.1, -0.05) is 30.4 Å². The molecule has 0 aromatic heterocycles. The van der Waals surface area contributed by atoms with Crippen LogP contribution in [0.3, 0.4) is 0 Å². The molecule has 0 heterocycles. The van der Waals surface area contributed by atoms with Gasteiger partial charge in [-0.05, 0) is 47.5 Å². The van der Waals surface area contributed by atoms with E-state index in [9.17, 15) is 19.8 Å². The van der Waals surface area contributed by atoms with Gasteiger partial charge in [-0.2, -0.15) is 5.26 Å². The van der Waals surface area contributed by atoms with Crippen LogP contribution in [0.2, 0.25) is 0 Å². The predicted octanol–water partition coefficient (Wildman–Crippen LogP) is 3.22. The van der Waals surface area contributed by atoms with Crippen molar-refractivity contribution < 1.29 is 19.8 Å². The SMILES string of the molecule is N#Cc1cccc(/C=C/C(=O)CC(=O)/C=C/c2ccc(O)c(O)c2)c1. The zero-order chi connectivity index (χ0) is 18.2. The summed E-state index contributed by atoms with van der Waals surface area (Å²) in [7, 11) is 0.